The van der Waals surface area contributed by atoms with Gasteiger partial charge >= 0.3 is 23.9 Å². The van der Waals surface area contributed by atoms with E-state index in [-0.39, 0.29) is 35.4 Å². The van der Waals surface area contributed by atoms with Crippen LogP contribution in [-0.2, 0) is 20.4 Å². The van der Waals surface area contributed by atoms with Gasteiger partial charge < -0.3 is 24.3 Å². The van der Waals surface area contributed by atoms with Crippen LogP contribution in [0.1, 0.15) is 12.5 Å². The zero-order valence-electron chi connectivity index (χ0n) is 17.7. The van der Waals surface area contributed by atoms with Gasteiger partial charge in [-0.3, -0.25) is 10.1 Å². The Morgan fingerprint density at radius 2 is 1.88 bits per heavy atom. The first-order valence-electron chi connectivity index (χ1n) is 9.40. The van der Waals surface area contributed by atoms with E-state index in [4.69, 9.17) is 25.8 Å². The number of amides is 1. The van der Waals surface area contributed by atoms with Gasteiger partial charge in [-0.15, -0.1) is 0 Å². The van der Waals surface area contributed by atoms with Crippen LogP contribution in [0.15, 0.2) is 36.4 Å². The number of nitrogens with one attached hydrogen (secondary N) is 1. The van der Waals surface area contributed by atoms with E-state index in [0.717, 1.165) is 31.4 Å². The Kier molecular flexibility index (Phi) is 8.90. The minimum Gasteiger partial charge on any atom is -0.472 e. The zero-order valence-corrected chi connectivity index (χ0v) is 18.4. The van der Waals surface area contributed by atoms with E-state index in [1.54, 1.807) is 0 Å². The smallest absolute Gasteiger partial charge is 0.416 e. The van der Waals surface area contributed by atoms with Gasteiger partial charge in [0, 0.05) is 12.1 Å². The number of methoxy groups -OCH3 is 1. The number of hydrogen-bond acceptors (Lipinski definition) is 8. The lowest BCUT2D eigenvalue weighted by Crippen LogP contribution is -2.31. The largest absolute Gasteiger partial charge is 0.472 e. The summed E-state index contributed by atoms with van der Waals surface area (Å²) in [6.45, 7) is 1.03. The standard InChI is InChI=1S/C20H18ClF3N2O8/c1-11(18(27)32-8-7-25-19(28)31-2)33-17-10-13(4-5-15(17)26(29)30)34-16-6-3-12(9-14(16)21)20(22,23)24/h3-6,9-11H,7-8H2,1-2H3,(H,25,28). The SMILES string of the molecule is COC(=O)NCCOC(=O)C(C)Oc1cc(Oc2ccc(C(F)(F)F)cc2Cl)ccc1[N+](=O)[O-]. The number of carbonyl (C=O) groups excluding carboxylic acids is 2. The summed E-state index contributed by atoms with van der Waals surface area (Å²) >= 11 is 5.86. The number of nitro groups is 1. The van der Waals surface area contributed by atoms with Crippen molar-refractivity contribution in [3.05, 3.63) is 57.1 Å². The fourth-order valence-corrected chi connectivity index (χ4v) is 2.64. The molecule has 10 nitrogen and oxygen atoms in total. The lowest BCUT2D eigenvalue weighted by molar-refractivity contribution is -0.386. The summed E-state index contributed by atoms with van der Waals surface area (Å²) in [4.78, 5) is 33.6. The Balaban J connectivity index is 2.13. The second kappa shape index (κ2) is 11.4. The van der Waals surface area contributed by atoms with Gasteiger partial charge in [0.15, 0.2) is 6.10 Å². The normalized spacial score (nSPS) is 11.8. The average Bonchev–Trinajstić information content (AvgIpc) is 2.76. The second-order valence-corrected chi connectivity index (χ2v) is 6.88. The van der Waals surface area contributed by atoms with Crippen molar-refractivity contribution in [2.45, 2.75) is 19.2 Å². The first-order chi connectivity index (χ1) is 15.9. The van der Waals surface area contributed by atoms with E-state index in [0.29, 0.717) is 6.07 Å². The second-order valence-electron chi connectivity index (χ2n) is 6.48. The van der Waals surface area contributed by atoms with Crippen molar-refractivity contribution in [1.29, 1.82) is 0 Å². The number of rotatable bonds is 9. The van der Waals surface area contributed by atoms with E-state index >= 15 is 0 Å². The molecule has 184 valence electrons. The van der Waals surface area contributed by atoms with Gasteiger partial charge in [0.2, 0.25) is 5.75 Å². The number of alkyl halides is 3. The number of ether oxygens (including phenoxy) is 4. The third-order valence-electron chi connectivity index (χ3n) is 4.05. The number of alkyl carbamates (subject to hydrolysis) is 1. The highest BCUT2D eigenvalue weighted by atomic mass is 35.5. The Hall–Kier alpha value is -3.74. The quantitative estimate of drug-likeness (QED) is 0.224. The lowest BCUT2D eigenvalue weighted by Gasteiger charge is -2.15. The van der Waals surface area contributed by atoms with Crippen molar-refractivity contribution in [2.75, 3.05) is 20.3 Å². The van der Waals surface area contributed by atoms with Gasteiger partial charge in [-0.05, 0) is 31.2 Å². The molecule has 0 radical (unpaired) electrons. The molecule has 0 saturated heterocycles. The van der Waals surface area contributed by atoms with Crippen LogP contribution in [0, 0.1) is 10.1 Å². The van der Waals surface area contributed by atoms with Crippen molar-refractivity contribution in [3.8, 4) is 17.2 Å². The highest BCUT2D eigenvalue weighted by Gasteiger charge is 2.31. The highest BCUT2D eigenvalue weighted by molar-refractivity contribution is 6.32. The molecule has 1 unspecified atom stereocenters. The number of carbonyl (C=O) groups is 2. The maximum absolute atomic E-state index is 12.8. The van der Waals surface area contributed by atoms with Crippen molar-refractivity contribution in [1.82, 2.24) is 5.32 Å². The average molecular weight is 507 g/mol. The Bertz CT molecular complexity index is 1060. The van der Waals surface area contributed by atoms with E-state index in [1.165, 1.54) is 13.0 Å². The number of nitro benzene ring substituents is 1. The van der Waals surface area contributed by atoms with Gasteiger partial charge in [-0.25, -0.2) is 9.59 Å². The monoisotopic (exact) mass is 506 g/mol. The molecule has 2 rings (SSSR count). The number of halogens is 4. The summed E-state index contributed by atoms with van der Waals surface area (Å²) in [5, 5.41) is 13.3. The molecule has 34 heavy (non-hydrogen) atoms. The molecule has 0 fully saturated rings. The molecule has 1 N–H and O–H groups in total. The van der Waals surface area contributed by atoms with Crippen molar-refractivity contribution < 1.29 is 46.6 Å². The number of benzene rings is 2. The minimum absolute atomic E-state index is 0.0392. The Morgan fingerprint density at radius 3 is 2.47 bits per heavy atom. The summed E-state index contributed by atoms with van der Waals surface area (Å²) in [6.07, 6.45) is -6.61. The van der Waals surface area contributed by atoms with Gasteiger partial charge in [-0.1, -0.05) is 11.6 Å². The van der Waals surface area contributed by atoms with E-state index in [1.807, 2.05) is 0 Å². The lowest BCUT2D eigenvalue weighted by atomic mass is 10.2. The molecule has 2 aromatic rings. The van der Waals surface area contributed by atoms with Crippen LogP contribution in [0.2, 0.25) is 5.02 Å². The highest BCUT2D eigenvalue weighted by Crippen LogP contribution is 2.38. The zero-order chi connectivity index (χ0) is 25.5. The summed E-state index contributed by atoms with van der Waals surface area (Å²) < 4.78 is 58.4. The molecular weight excluding hydrogens is 489 g/mol. The Labute approximate surface area is 195 Å². The van der Waals surface area contributed by atoms with Crippen LogP contribution >= 0.6 is 11.6 Å². The predicted molar refractivity (Wildman–Crippen MR) is 111 cm³/mol. The molecule has 0 aliphatic rings. The van der Waals surface area contributed by atoms with Gasteiger partial charge in [0.1, 0.15) is 18.1 Å². The molecule has 1 atom stereocenters. The topological polar surface area (TPSA) is 126 Å². The molecule has 2 aromatic carbocycles. The molecule has 0 heterocycles. The first kappa shape index (κ1) is 26.5. The van der Waals surface area contributed by atoms with Crippen molar-refractivity contribution >= 4 is 29.4 Å². The predicted octanol–water partition coefficient (Wildman–Crippen LogP) is 4.73. The van der Waals surface area contributed by atoms with E-state index in [9.17, 15) is 32.9 Å². The molecular formula is C20H18ClF3N2O8. The van der Waals surface area contributed by atoms with Crippen LogP contribution in [-0.4, -0.2) is 43.4 Å². The summed E-state index contributed by atoms with van der Waals surface area (Å²) in [6, 6.07) is 5.72. The molecule has 0 aliphatic carbocycles. The molecule has 0 bridgehead atoms. The maximum Gasteiger partial charge on any atom is 0.416 e. The number of nitrogens with zero attached hydrogens (tertiary/aromatic N) is 1. The molecule has 1 amide bonds. The van der Waals surface area contributed by atoms with Crippen LogP contribution in [0.25, 0.3) is 0 Å². The molecule has 0 aromatic heterocycles. The third-order valence-corrected chi connectivity index (χ3v) is 4.35. The van der Waals surface area contributed by atoms with Crippen LogP contribution in [0.5, 0.6) is 17.2 Å². The minimum atomic E-state index is -4.60. The van der Waals surface area contributed by atoms with E-state index < -0.39 is 40.5 Å². The Morgan fingerprint density at radius 1 is 1.18 bits per heavy atom. The van der Waals surface area contributed by atoms with Gasteiger partial charge in [0.05, 0.1) is 29.2 Å². The first-order valence-corrected chi connectivity index (χ1v) is 9.78. The van der Waals surface area contributed by atoms with Crippen LogP contribution in [0.4, 0.5) is 23.7 Å². The van der Waals surface area contributed by atoms with E-state index in [2.05, 4.69) is 10.1 Å². The van der Waals surface area contributed by atoms with Gasteiger partial charge in [0.25, 0.3) is 0 Å². The van der Waals surface area contributed by atoms with Crippen LogP contribution in [0.3, 0.4) is 0 Å². The molecule has 0 spiro atoms. The van der Waals surface area contributed by atoms with Crippen LogP contribution < -0.4 is 14.8 Å². The fraction of sp³-hybridized carbons (Fsp3) is 0.300. The maximum atomic E-state index is 12.8. The number of esters is 1. The fourth-order valence-electron chi connectivity index (χ4n) is 2.42. The molecule has 0 saturated carbocycles. The molecule has 0 aliphatic heterocycles. The number of hydrogen-bond donors (Lipinski definition) is 1. The van der Waals surface area contributed by atoms with Gasteiger partial charge in [-0.2, -0.15) is 13.2 Å². The third kappa shape index (κ3) is 7.40. The molecule has 14 heteroatoms. The summed E-state index contributed by atoms with van der Waals surface area (Å²) in [5.41, 5.74) is -1.48. The van der Waals surface area contributed by atoms with Crippen molar-refractivity contribution in [2.24, 2.45) is 0 Å². The summed E-state index contributed by atoms with van der Waals surface area (Å²) in [5.74, 6) is -1.43. The van der Waals surface area contributed by atoms with Crippen molar-refractivity contribution in [3.63, 3.8) is 0 Å². The summed E-state index contributed by atoms with van der Waals surface area (Å²) in [7, 11) is 1.16.